The third kappa shape index (κ3) is 106. The molecule has 302 valence electrons. The second-order valence-corrected chi connectivity index (χ2v) is 40.1. The van der Waals surface area contributed by atoms with Gasteiger partial charge in [0.25, 0.3) is 0 Å². The molecule has 0 aliphatic heterocycles. The molecule has 0 saturated carbocycles. The predicted octanol–water partition coefficient (Wildman–Crippen LogP) is 7.36. The molecule has 14 heteroatoms. The Balaban J connectivity index is -0.0000000684. The van der Waals surface area contributed by atoms with Crippen LogP contribution in [0.2, 0.25) is 103 Å². The zero-order chi connectivity index (χ0) is 40.7. The Hall–Kier alpha value is -1.17. The first-order valence-corrected chi connectivity index (χ1v) is 31.6. The highest BCUT2D eigenvalue weighted by atomic mass is 28.3. The van der Waals surface area contributed by atoms with Crippen LogP contribution in [0, 0.1) is 0 Å². The highest BCUT2D eigenvalue weighted by molar-refractivity contribution is 6.79. The van der Waals surface area contributed by atoms with Crippen LogP contribution in [-0.4, -0.2) is 173 Å². The number of hydrogen-bond acceptors (Lipinski definition) is 7. The van der Waals surface area contributed by atoms with Gasteiger partial charge >= 0.3 is 0 Å². The number of carbonyl (C=O) groups is 4. The summed E-state index contributed by atoms with van der Waals surface area (Å²) in [6, 6.07) is 4.18. The molecule has 0 aromatic rings. The van der Waals surface area contributed by atoms with E-state index in [2.05, 4.69) is 104 Å². The molecule has 0 radical (unpaired) electrons. The lowest BCUT2D eigenvalue weighted by molar-refractivity contribution is -0.126. The number of hydrogen-bond donors (Lipinski definition) is 0. The average molecular weight is 774 g/mol. The Morgan fingerprint density at radius 3 is 0.939 bits per heavy atom. The lowest BCUT2D eigenvalue weighted by atomic mass is 10.6. The number of methoxy groups -OCH3 is 1. The Labute approximate surface area is 312 Å². The quantitative estimate of drug-likeness (QED) is 0.123. The third-order valence-corrected chi connectivity index (χ3v) is 11.4. The molecule has 0 aliphatic rings. The Kier molecular flexibility index (Phi) is 49.4. The van der Waals surface area contributed by atoms with E-state index in [1.165, 1.54) is 21.9 Å². The number of ether oxygens (including phenoxy) is 1. The van der Waals surface area contributed by atoms with Crippen molar-refractivity contribution in [3.63, 3.8) is 0 Å². The number of amides is 3. The van der Waals surface area contributed by atoms with Crippen molar-refractivity contribution in [2.75, 3.05) is 84.6 Å². The Bertz CT molecular complexity index is 730. The van der Waals surface area contributed by atoms with Gasteiger partial charge in [0.05, 0.1) is 16.1 Å². The van der Waals surface area contributed by atoms with Crippen molar-refractivity contribution in [3.05, 3.63) is 0 Å². The zero-order valence-corrected chi connectivity index (χ0v) is 40.9. The molecular formula is C35H91N5O5Si4. The molecule has 0 heterocycles. The van der Waals surface area contributed by atoms with Crippen molar-refractivity contribution in [2.45, 2.75) is 123 Å². The van der Waals surface area contributed by atoms with E-state index in [4.69, 9.17) is 4.74 Å². The lowest BCUT2D eigenvalue weighted by Crippen LogP contribution is -2.37. The number of carbonyl (C=O) groups excluding carboxylic acids is 4. The first-order chi connectivity index (χ1) is 21.1. The molecule has 3 amide bonds. The van der Waals surface area contributed by atoms with Gasteiger partial charge in [-0.2, -0.15) is 0 Å². The second-order valence-electron chi connectivity index (χ2n) is 17.8. The Morgan fingerprint density at radius 1 is 0.612 bits per heavy atom. The summed E-state index contributed by atoms with van der Waals surface area (Å²) in [4.78, 5) is 48.5. The standard InChI is InChI=1S/C8H21NOSi.C7H17NOSi.C5H12OSi.C5H14Si.2C3H7NO.C3H9N.CH4/c1-9(2)8(10-3)7-11(4,5)6;1-8(2)7(9)6-10(3,4)5;1-7(2,3)5-4-6;1-5-6(2,3)4;2*1-4(2)3-5;1-4(2)3;/h8H,7H2,1-6H3;6H2,1-5H3;4H,5H2,1-3H3;5H2,1-4H3;2*3H,1-2H3;1-3H3;1H4/t8-;;;;;;;/m1......./s1. The molecular weight excluding hydrogens is 683 g/mol. The number of aldehydes is 1. The average Bonchev–Trinajstić information content (AvgIpc) is 2.86. The summed E-state index contributed by atoms with van der Waals surface area (Å²) >= 11 is 0. The van der Waals surface area contributed by atoms with Crippen LogP contribution in [0.1, 0.15) is 14.4 Å². The van der Waals surface area contributed by atoms with Crippen LogP contribution >= 0.6 is 0 Å². The van der Waals surface area contributed by atoms with E-state index in [9.17, 15) is 19.2 Å². The van der Waals surface area contributed by atoms with Crippen LogP contribution in [-0.2, 0) is 23.9 Å². The monoisotopic (exact) mass is 774 g/mol. The van der Waals surface area contributed by atoms with Gasteiger partial charge < -0.3 is 29.1 Å². The second kappa shape index (κ2) is 36.6. The van der Waals surface area contributed by atoms with E-state index in [1.54, 1.807) is 40.2 Å². The maximum absolute atomic E-state index is 11.1. The van der Waals surface area contributed by atoms with Crippen LogP contribution in [0.4, 0.5) is 0 Å². The first-order valence-electron chi connectivity index (χ1n) is 16.8. The minimum absolute atomic E-state index is 0. The highest BCUT2D eigenvalue weighted by Crippen LogP contribution is 2.14. The molecule has 0 saturated heterocycles. The van der Waals surface area contributed by atoms with E-state index >= 15 is 0 Å². The SMILES string of the molecule is C.CC[Si](C)(C)C.CN(C)C.CN(C)C(=O)C[Si](C)(C)C.CN(C)C=O.CN(C)C=O.CO[C@H](C[Si](C)(C)C)N(C)C.C[Si](C)(C)CC=O. The van der Waals surface area contributed by atoms with Crippen molar-refractivity contribution in [1.82, 2.24) is 24.5 Å². The van der Waals surface area contributed by atoms with Crippen LogP contribution in [0.3, 0.4) is 0 Å². The number of rotatable bonds is 11. The smallest absolute Gasteiger partial charge is 0.219 e. The van der Waals surface area contributed by atoms with Gasteiger partial charge in [-0.15, -0.1) is 0 Å². The molecule has 0 bridgehead atoms. The van der Waals surface area contributed by atoms with E-state index in [0.717, 1.165) is 31.2 Å². The first kappa shape index (κ1) is 66.1. The molecule has 0 rings (SSSR count). The summed E-state index contributed by atoms with van der Waals surface area (Å²) in [7, 11) is 18.5. The summed E-state index contributed by atoms with van der Waals surface area (Å²) < 4.78 is 5.35. The predicted molar refractivity (Wildman–Crippen MR) is 233 cm³/mol. The number of nitrogens with zero attached hydrogens (tertiary/aromatic N) is 5. The summed E-state index contributed by atoms with van der Waals surface area (Å²) in [5, 5.41) is 0. The van der Waals surface area contributed by atoms with Gasteiger partial charge in [0, 0.05) is 71.6 Å². The molecule has 0 unspecified atom stereocenters. The minimum atomic E-state index is -1.17. The lowest BCUT2D eigenvalue weighted by Gasteiger charge is -2.28. The molecule has 0 spiro atoms. The van der Waals surface area contributed by atoms with Gasteiger partial charge in [-0.25, -0.2) is 0 Å². The third-order valence-electron chi connectivity index (χ3n) is 4.99. The summed E-state index contributed by atoms with van der Waals surface area (Å²) in [6.07, 6.45) is 2.83. The van der Waals surface area contributed by atoms with Gasteiger partial charge in [0.2, 0.25) is 18.7 Å². The molecule has 1 atom stereocenters. The molecule has 0 N–H and O–H groups in total. The highest BCUT2D eigenvalue weighted by Gasteiger charge is 2.21. The molecule has 0 aliphatic carbocycles. The van der Waals surface area contributed by atoms with Gasteiger partial charge in [-0.3, -0.25) is 19.3 Å². The summed E-state index contributed by atoms with van der Waals surface area (Å²) in [5.41, 5.74) is 0. The largest absolute Gasteiger partial charge is 0.367 e. The zero-order valence-electron chi connectivity index (χ0n) is 36.9. The van der Waals surface area contributed by atoms with E-state index in [-0.39, 0.29) is 13.3 Å². The van der Waals surface area contributed by atoms with E-state index < -0.39 is 32.3 Å². The van der Waals surface area contributed by atoms with Crippen molar-refractivity contribution >= 4 is 57.3 Å². The molecule has 0 aromatic heterocycles. The van der Waals surface area contributed by atoms with Crippen LogP contribution in [0.5, 0.6) is 0 Å². The normalized spacial score (nSPS) is 11.0. The van der Waals surface area contributed by atoms with Crippen LogP contribution in [0.25, 0.3) is 0 Å². The summed E-state index contributed by atoms with van der Waals surface area (Å²) in [5.74, 6) is 0.263. The van der Waals surface area contributed by atoms with Gasteiger partial charge in [0.15, 0.2) is 0 Å². The van der Waals surface area contributed by atoms with Gasteiger partial charge in [-0.05, 0) is 47.3 Å². The fraction of sp³-hybridized carbons (Fsp3) is 0.886. The maximum atomic E-state index is 11.1. The molecule has 10 nitrogen and oxygen atoms in total. The summed E-state index contributed by atoms with van der Waals surface area (Å²) in [6.45, 7) is 29.7. The van der Waals surface area contributed by atoms with E-state index in [0.29, 0.717) is 6.23 Å². The van der Waals surface area contributed by atoms with Crippen molar-refractivity contribution < 1.29 is 23.9 Å². The Morgan fingerprint density at radius 2 is 0.898 bits per heavy atom. The van der Waals surface area contributed by atoms with Crippen LogP contribution in [0.15, 0.2) is 0 Å². The van der Waals surface area contributed by atoms with Gasteiger partial charge in [-0.1, -0.05) is 99.0 Å². The van der Waals surface area contributed by atoms with Crippen LogP contribution < -0.4 is 0 Å². The molecule has 0 aromatic carbocycles. The van der Waals surface area contributed by atoms with E-state index in [1.807, 2.05) is 40.1 Å². The van der Waals surface area contributed by atoms with Crippen molar-refractivity contribution in [2.24, 2.45) is 0 Å². The maximum Gasteiger partial charge on any atom is 0.219 e. The van der Waals surface area contributed by atoms with Crippen molar-refractivity contribution in [3.8, 4) is 0 Å². The fourth-order valence-corrected chi connectivity index (χ4v) is 5.17. The van der Waals surface area contributed by atoms with Gasteiger partial charge in [0.1, 0.15) is 12.5 Å². The fourth-order valence-electron chi connectivity index (χ4n) is 1.86. The minimum Gasteiger partial charge on any atom is -0.367 e. The molecule has 49 heavy (non-hydrogen) atoms. The van der Waals surface area contributed by atoms with Crippen molar-refractivity contribution in [1.29, 1.82) is 0 Å². The molecule has 0 fully saturated rings. The topological polar surface area (TPSA) is 93.7 Å².